The van der Waals surface area contributed by atoms with Crippen LogP contribution in [0.25, 0.3) is 0 Å². The predicted molar refractivity (Wildman–Crippen MR) is 101 cm³/mol. The predicted octanol–water partition coefficient (Wildman–Crippen LogP) is 3.41. The summed E-state index contributed by atoms with van der Waals surface area (Å²) < 4.78 is 1.96. The van der Waals surface area contributed by atoms with Gasteiger partial charge >= 0.3 is 6.03 Å². The Morgan fingerprint density at radius 1 is 1.44 bits per heavy atom. The van der Waals surface area contributed by atoms with Gasteiger partial charge in [0.1, 0.15) is 0 Å². The van der Waals surface area contributed by atoms with Crippen LogP contribution in [0.2, 0.25) is 0 Å². The van der Waals surface area contributed by atoms with Crippen molar-refractivity contribution in [3.8, 4) is 0 Å². The zero-order chi connectivity index (χ0) is 17.8. The molecule has 0 saturated carbocycles. The lowest BCUT2D eigenvalue weighted by Gasteiger charge is -2.32. The Morgan fingerprint density at radius 3 is 2.84 bits per heavy atom. The van der Waals surface area contributed by atoms with Crippen LogP contribution in [0.1, 0.15) is 44.8 Å². The first-order chi connectivity index (χ1) is 12.1. The molecule has 1 fully saturated rings. The van der Waals surface area contributed by atoms with Gasteiger partial charge in [0.05, 0.1) is 17.6 Å². The van der Waals surface area contributed by atoms with Crippen LogP contribution in [0.5, 0.6) is 0 Å². The third kappa shape index (κ3) is 4.12. The van der Waals surface area contributed by atoms with Crippen molar-refractivity contribution >= 4 is 28.2 Å². The van der Waals surface area contributed by atoms with E-state index in [0.29, 0.717) is 6.04 Å². The molecule has 1 unspecified atom stereocenters. The van der Waals surface area contributed by atoms with E-state index in [9.17, 15) is 4.79 Å². The normalized spacial score (nSPS) is 16.7. The van der Waals surface area contributed by atoms with Gasteiger partial charge in [0, 0.05) is 36.8 Å². The molecule has 2 amide bonds. The quantitative estimate of drug-likeness (QED) is 0.855. The third-order valence-corrected chi connectivity index (χ3v) is 5.65. The molecule has 2 aromatic rings. The first-order valence-electron chi connectivity index (χ1n) is 8.84. The van der Waals surface area contributed by atoms with Gasteiger partial charge in [-0.1, -0.05) is 6.92 Å². The summed E-state index contributed by atoms with van der Waals surface area (Å²) in [6.45, 7) is 8.08. The van der Waals surface area contributed by atoms with Gasteiger partial charge in [-0.25, -0.2) is 9.78 Å². The topological polar surface area (TPSA) is 75.1 Å². The van der Waals surface area contributed by atoms with Crippen LogP contribution in [-0.2, 0) is 0 Å². The number of carbonyl (C=O) groups is 1. The summed E-state index contributed by atoms with van der Waals surface area (Å²) >= 11 is 1.66. The third-order valence-electron chi connectivity index (χ3n) is 4.82. The summed E-state index contributed by atoms with van der Waals surface area (Å²) in [6, 6.07) is 0.370. The smallest absolute Gasteiger partial charge is 0.319 e. The van der Waals surface area contributed by atoms with Crippen molar-refractivity contribution < 1.29 is 4.79 Å². The van der Waals surface area contributed by atoms with Crippen LogP contribution >= 0.6 is 11.3 Å². The number of amides is 2. The van der Waals surface area contributed by atoms with E-state index in [1.165, 1.54) is 0 Å². The van der Waals surface area contributed by atoms with Gasteiger partial charge in [0.15, 0.2) is 5.13 Å². The minimum absolute atomic E-state index is 0.153. The van der Waals surface area contributed by atoms with Crippen LogP contribution < -0.4 is 15.5 Å². The standard InChI is InChI=1S/C17H26N6OS/c1-4-12(2)23-13(3)15(11-19-23)21-16(24)20-14-5-8-22(9-6-14)17-18-7-10-25-17/h7,10-12,14H,4-6,8-9H2,1-3H3,(H2,20,21,24). The Bertz CT molecular complexity index is 690. The van der Waals surface area contributed by atoms with Gasteiger partial charge < -0.3 is 15.5 Å². The van der Waals surface area contributed by atoms with E-state index >= 15 is 0 Å². The molecule has 0 aromatic carbocycles. The fourth-order valence-corrected chi connectivity index (χ4v) is 3.79. The summed E-state index contributed by atoms with van der Waals surface area (Å²) in [5.41, 5.74) is 1.76. The average Bonchev–Trinajstić information content (AvgIpc) is 3.26. The maximum Gasteiger partial charge on any atom is 0.319 e. The fraction of sp³-hybridized carbons (Fsp3) is 0.588. The number of carbonyl (C=O) groups excluding carboxylic acids is 1. The first-order valence-corrected chi connectivity index (χ1v) is 9.72. The molecule has 3 rings (SSSR count). The summed E-state index contributed by atoms with van der Waals surface area (Å²) in [4.78, 5) is 18.9. The Balaban J connectivity index is 1.50. The number of aromatic nitrogens is 3. The molecule has 1 atom stereocenters. The van der Waals surface area contributed by atoms with Crippen LogP contribution in [-0.4, -0.2) is 39.9 Å². The second-order valence-corrected chi connectivity index (χ2v) is 7.39. The van der Waals surface area contributed by atoms with Crippen LogP contribution in [0.15, 0.2) is 17.8 Å². The molecule has 3 heterocycles. The van der Waals surface area contributed by atoms with Crippen molar-refractivity contribution in [2.45, 2.75) is 52.1 Å². The maximum atomic E-state index is 12.3. The van der Waals surface area contributed by atoms with Crippen molar-refractivity contribution in [1.82, 2.24) is 20.1 Å². The molecular formula is C17H26N6OS. The van der Waals surface area contributed by atoms with Crippen molar-refractivity contribution in [2.24, 2.45) is 0 Å². The first kappa shape index (κ1) is 17.7. The summed E-state index contributed by atoms with van der Waals surface area (Å²) in [7, 11) is 0. The summed E-state index contributed by atoms with van der Waals surface area (Å²) in [5, 5.41) is 13.5. The Kier molecular flexibility index (Phi) is 5.57. The van der Waals surface area contributed by atoms with Crippen molar-refractivity contribution in [2.75, 3.05) is 23.3 Å². The number of thiazole rings is 1. The zero-order valence-corrected chi connectivity index (χ0v) is 15.8. The summed E-state index contributed by atoms with van der Waals surface area (Å²) in [5.74, 6) is 0. The Morgan fingerprint density at radius 2 is 2.20 bits per heavy atom. The molecular weight excluding hydrogens is 336 g/mol. The van der Waals surface area contributed by atoms with E-state index in [4.69, 9.17) is 0 Å². The highest BCUT2D eigenvalue weighted by molar-refractivity contribution is 7.13. The number of rotatable bonds is 5. The molecule has 8 heteroatoms. The summed E-state index contributed by atoms with van der Waals surface area (Å²) in [6.07, 6.45) is 6.42. The second-order valence-electron chi connectivity index (χ2n) is 6.52. The molecule has 0 bridgehead atoms. The van der Waals surface area contributed by atoms with E-state index in [-0.39, 0.29) is 12.1 Å². The fourth-order valence-electron chi connectivity index (χ4n) is 3.09. The van der Waals surface area contributed by atoms with Gasteiger partial charge in [-0.05, 0) is 33.1 Å². The largest absolute Gasteiger partial charge is 0.348 e. The highest BCUT2D eigenvalue weighted by Gasteiger charge is 2.22. The molecule has 0 aliphatic carbocycles. The number of piperidine rings is 1. The molecule has 0 spiro atoms. The second kappa shape index (κ2) is 7.86. The van der Waals surface area contributed by atoms with Crippen molar-refractivity contribution in [1.29, 1.82) is 0 Å². The zero-order valence-electron chi connectivity index (χ0n) is 15.0. The molecule has 1 aliphatic heterocycles. The Hall–Kier alpha value is -2.09. The van der Waals surface area contributed by atoms with E-state index in [0.717, 1.165) is 48.9 Å². The number of hydrogen-bond donors (Lipinski definition) is 2. The minimum Gasteiger partial charge on any atom is -0.348 e. The van der Waals surface area contributed by atoms with Gasteiger partial charge in [0.25, 0.3) is 0 Å². The van der Waals surface area contributed by atoms with Gasteiger partial charge in [0.2, 0.25) is 0 Å². The number of urea groups is 1. The molecule has 2 aromatic heterocycles. The lowest BCUT2D eigenvalue weighted by molar-refractivity contribution is 0.246. The van der Waals surface area contributed by atoms with Gasteiger partial charge in [-0.15, -0.1) is 11.3 Å². The monoisotopic (exact) mass is 362 g/mol. The number of anilines is 2. The van der Waals surface area contributed by atoms with E-state index < -0.39 is 0 Å². The minimum atomic E-state index is -0.153. The van der Waals surface area contributed by atoms with Crippen LogP contribution in [0.3, 0.4) is 0 Å². The van der Waals surface area contributed by atoms with E-state index in [1.807, 2.05) is 23.2 Å². The highest BCUT2D eigenvalue weighted by atomic mass is 32.1. The molecule has 25 heavy (non-hydrogen) atoms. The van der Waals surface area contributed by atoms with Gasteiger partial charge in [-0.2, -0.15) is 5.10 Å². The molecule has 136 valence electrons. The SMILES string of the molecule is CCC(C)n1ncc(NC(=O)NC2CCN(c3nccs3)CC2)c1C. The molecule has 1 aliphatic rings. The number of hydrogen-bond acceptors (Lipinski definition) is 5. The molecule has 1 saturated heterocycles. The lowest BCUT2D eigenvalue weighted by Crippen LogP contribution is -2.46. The molecule has 0 radical (unpaired) electrons. The molecule has 2 N–H and O–H groups in total. The number of nitrogens with one attached hydrogen (secondary N) is 2. The lowest BCUT2D eigenvalue weighted by atomic mass is 10.1. The van der Waals surface area contributed by atoms with Crippen LogP contribution in [0, 0.1) is 6.92 Å². The van der Waals surface area contributed by atoms with Crippen molar-refractivity contribution in [3.63, 3.8) is 0 Å². The van der Waals surface area contributed by atoms with Crippen LogP contribution in [0.4, 0.5) is 15.6 Å². The molecule has 7 nitrogen and oxygen atoms in total. The van der Waals surface area contributed by atoms with E-state index in [2.05, 4.69) is 39.5 Å². The maximum absolute atomic E-state index is 12.3. The number of nitrogens with zero attached hydrogens (tertiary/aromatic N) is 4. The van der Waals surface area contributed by atoms with Crippen molar-refractivity contribution in [3.05, 3.63) is 23.5 Å². The Labute approximate surface area is 152 Å². The van der Waals surface area contributed by atoms with E-state index in [1.54, 1.807) is 17.5 Å². The average molecular weight is 363 g/mol. The van der Waals surface area contributed by atoms with Gasteiger partial charge in [-0.3, -0.25) is 4.68 Å². The highest BCUT2D eigenvalue weighted by Crippen LogP contribution is 2.22.